The van der Waals surface area contributed by atoms with Crippen molar-refractivity contribution >= 4 is 39.7 Å². The summed E-state index contributed by atoms with van der Waals surface area (Å²) in [6, 6.07) is 11.3. The molecule has 0 fully saturated rings. The highest BCUT2D eigenvalue weighted by Crippen LogP contribution is 2.32. The van der Waals surface area contributed by atoms with Gasteiger partial charge in [-0.25, -0.2) is 4.98 Å². The minimum Gasteiger partial charge on any atom is -0.493 e. The highest BCUT2D eigenvalue weighted by molar-refractivity contribution is 7.14. The second-order valence-electron chi connectivity index (χ2n) is 5.34. The number of benzene rings is 2. The number of nitro groups is 1. The zero-order valence-electron chi connectivity index (χ0n) is 14.1. The number of rotatable bonds is 6. The average Bonchev–Trinajstić information content (AvgIpc) is 3.10. The molecule has 0 unspecified atom stereocenters. The van der Waals surface area contributed by atoms with Crippen LogP contribution in [-0.2, 0) is 0 Å². The third kappa shape index (κ3) is 4.24. The number of nitrogens with zero attached hydrogens (tertiary/aromatic N) is 2. The van der Waals surface area contributed by atoms with Crippen LogP contribution in [0.25, 0.3) is 11.3 Å². The minimum atomic E-state index is -0.646. The molecule has 27 heavy (non-hydrogen) atoms. The van der Waals surface area contributed by atoms with Crippen LogP contribution in [-0.4, -0.2) is 22.4 Å². The predicted octanol–water partition coefficient (Wildman–Crippen LogP) is 5.02. The first-order chi connectivity index (χ1) is 13.0. The van der Waals surface area contributed by atoms with Crippen molar-refractivity contribution in [1.29, 1.82) is 0 Å². The van der Waals surface area contributed by atoms with Gasteiger partial charge in [-0.2, -0.15) is 0 Å². The Morgan fingerprint density at radius 2 is 2.11 bits per heavy atom. The SMILES string of the molecule is CCOc1ccccc1-c1csc(NC(=O)c2ccc(Cl)cc2[N+](=O)[O-])n1. The maximum absolute atomic E-state index is 12.4. The van der Waals surface area contributed by atoms with E-state index < -0.39 is 10.8 Å². The van der Waals surface area contributed by atoms with E-state index in [2.05, 4.69) is 10.3 Å². The number of anilines is 1. The first kappa shape index (κ1) is 18.8. The van der Waals surface area contributed by atoms with Crippen molar-refractivity contribution in [2.24, 2.45) is 0 Å². The van der Waals surface area contributed by atoms with E-state index in [9.17, 15) is 14.9 Å². The fourth-order valence-corrected chi connectivity index (χ4v) is 3.30. The van der Waals surface area contributed by atoms with E-state index in [0.717, 1.165) is 11.6 Å². The number of hydrogen-bond donors (Lipinski definition) is 1. The fourth-order valence-electron chi connectivity index (χ4n) is 2.43. The lowest BCUT2D eigenvalue weighted by molar-refractivity contribution is -0.385. The molecule has 0 saturated heterocycles. The van der Waals surface area contributed by atoms with Gasteiger partial charge in [0.2, 0.25) is 0 Å². The normalized spacial score (nSPS) is 10.4. The topological polar surface area (TPSA) is 94.4 Å². The number of thiazole rings is 1. The van der Waals surface area contributed by atoms with Crippen molar-refractivity contribution in [2.75, 3.05) is 11.9 Å². The van der Waals surface area contributed by atoms with Gasteiger partial charge in [-0.1, -0.05) is 23.7 Å². The maximum Gasteiger partial charge on any atom is 0.283 e. The summed E-state index contributed by atoms with van der Waals surface area (Å²) in [4.78, 5) is 27.4. The summed E-state index contributed by atoms with van der Waals surface area (Å²) in [5.74, 6) is 0.0638. The van der Waals surface area contributed by atoms with E-state index in [1.165, 1.54) is 23.5 Å². The molecule has 3 rings (SSSR count). The molecule has 0 aliphatic carbocycles. The molecular weight excluding hydrogens is 390 g/mol. The van der Waals surface area contributed by atoms with Crippen LogP contribution in [0.15, 0.2) is 47.8 Å². The Balaban J connectivity index is 1.85. The van der Waals surface area contributed by atoms with E-state index in [-0.39, 0.29) is 16.3 Å². The Kier molecular flexibility index (Phi) is 5.68. The van der Waals surface area contributed by atoms with Crippen LogP contribution >= 0.6 is 22.9 Å². The van der Waals surface area contributed by atoms with E-state index >= 15 is 0 Å². The molecule has 0 saturated carbocycles. The fraction of sp³-hybridized carbons (Fsp3) is 0.111. The second-order valence-corrected chi connectivity index (χ2v) is 6.63. The lowest BCUT2D eigenvalue weighted by atomic mass is 10.1. The van der Waals surface area contributed by atoms with E-state index in [1.54, 1.807) is 5.38 Å². The van der Waals surface area contributed by atoms with Crippen LogP contribution < -0.4 is 10.1 Å². The highest BCUT2D eigenvalue weighted by Gasteiger charge is 2.21. The van der Waals surface area contributed by atoms with Crippen LogP contribution in [0.2, 0.25) is 5.02 Å². The number of ether oxygens (including phenoxy) is 1. The molecule has 0 bridgehead atoms. The number of halogens is 1. The summed E-state index contributed by atoms with van der Waals surface area (Å²) in [5, 5.41) is 16.0. The standard InChI is InChI=1S/C18H14ClN3O4S/c1-2-26-16-6-4-3-5-12(16)14-10-27-18(20-14)21-17(23)13-8-7-11(19)9-15(13)22(24)25/h3-10H,2H2,1H3,(H,20,21,23). The smallest absolute Gasteiger partial charge is 0.283 e. The van der Waals surface area contributed by atoms with Crippen molar-refractivity contribution < 1.29 is 14.5 Å². The van der Waals surface area contributed by atoms with Gasteiger partial charge in [-0.15, -0.1) is 11.3 Å². The number of aromatic nitrogens is 1. The molecule has 7 nitrogen and oxygen atoms in total. The van der Waals surface area contributed by atoms with E-state index in [4.69, 9.17) is 16.3 Å². The Bertz CT molecular complexity index is 1010. The molecule has 0 radical (unpaired) electrons. The molecule has 0 spiro atoms. The quantitative estimate of drug-likeness (QED) is 0.460. The third-order valence-corrected chi connectivity index (χ3v) is 4.58. The summed E-state index contributed by atoms with van der Waals surface area (Å²) in [5.41, 5.74) is 0.993. The molecule has 1 heterocycles. The number of nitro benzene ring substituents is 1. The molecule has 1 amide bonds. The first-order valence-electron chi connectivity index (χ1n) is 7.92. The maximum atomic E-state index is 12.4. The van der Waals surface area contributed by atoms with E-state index in [1.807, 2.05) is 31.2 Å². The minimum absolute atomic E-state index is 0.0872. The zero-order valence-corrected chi connectivity index (χ0v) is 15.7. The number of amides is 1. The van der Waals surface area contributed by atoms with Crippen molar-refractivity contribution in [3.8, 4) is 17.0 Å². The molecule has 1 aromatic heterocycles. The van der Waals surface area contributed by atoms with Crippen molar-refractivity contribution in [3.05, 3.63) is 68.5 Å². The molecule has 0 aliphatic heterocycles. The van der Waals surface area contributed by atoms with Crippen LogP contribution in [0.1, 0.15) is 17.3 Å². The third-order valence-electron chi connectivity index (χ3n) is 3.59. The molecular formula is C18H14ClN3O4S. The largest absolute Gasteiger partial charge is 0.493 e. The monoisotopic (exact) mass is 403 g/mol. The molecule has 138 valence electrons. The Morgan fingerprint density at radius 1 is 1.33 bits per heavy atom. The molecule has 9 heteroatoms. The molecule has 0 aliphatic rings. The van der Waals surface area contributed by atoms with Gasteiger partial charge in [0.15, 0.2) is 5.13 Å². The predicted molar refractivity (Wildman–Crippen MR) is 105 cm³/mol. The summed E-state index contributed by atoms with van der Waals surface area (Å²) >= 11 is 7.00. The van der Waals surface area contributed by atoms with Crippen LogP contribution in [0.3, 0.4) is 0 Å². The Hall–Kier alpha value is -2.97. The number of carbonyl (C=O) groups excluding carboxylic acids is 1. The lowest BCUT2D eigenvalue weighted by Crippen LogP contribution is -2.13. The van der Waals surface area contributed by atoms with Gasteiger partial charge in [0, 0.05) is 22.0 Å². The molecule has 3 aromatic rings. The van der Waals surface area contributed by atoms with Crippen molar-refractivity contribution in [3.63, 3.8) is 0 Å². The van der Waals surface area contributed by atoms with Crippen molar-refractivity contribution in [1.82, 2.24) is 4.98 Å². The molecule has 2 aromatic carbocycles. The Labute approximate surface area is 163 Å². The van der Waals surface area contributed by atoms with Gasteiger partial charge in [-0.3, -0.25) is 20.2 Å². The van der Waals surface area contributed by atoms with Gasteiger partial charge in [0.1, 0.15) is 11.3 Å². The summed E-state index contributed by atoms with van der Waals surface area (Å²) in [6.45, 7) is 2.41. The van der Waals surface area contributed by atoms with Crippen LogP contribution in [0.5, 0.6) is 5.75 Å². The second kappa shape index (κ2) is 8.15. The zero-order chi connectivity index (χ0) is 19.4. The lowest BCUT2D eigenvalue weighted by Gasteiger charge is -2.07. The molecule has 0 atom stereocenters. The summed E-state index contributed by atoms with van der Waals surface area (Å²) in [6.07, 6.45) is 0. The van der Waals surface area contributed by atoms with Crippen LogP contribution in [0, 0.1) is 10.1 Å². The van der Waals surface area contributed by atoms with Gasteiger partial charge in [0.05, 0.1) is 17.2 Å². The summed E-state index contributed by atoms with van der Waals surface area (Å²) in [7, 11) is 0. The van der Waals surface area contributed by atoms with Gasteiger partial charge >= 0.3 is 0 Å². The number of carbonyl (C=O) groups is 1. The number of para-hydroxylation sites is 1. The summed E-state index contributed by atoms with van der Waals surface area (Å²) < 4.78 is 5.59. The first-order valence-corrected chi connectivity index (χ1v) is 9.18. The number of nitrogens with one attached hydrogen (secondary N) is 1. The average molecular weight is 404 g/mol. The molecule has 1 N–H and O–H groups in total. The highest BCUT2D eigenvalue weighted by atomic mass is 35.5. The van der Waals surface area contributed by atoms with Crippen LogP contribution in [0.4, 0.5) is 10.8 Å². The Morgan fingerprint density at radius 3 is 2.85 bits per heavy atom. The van der Waals surface area contributed by atoms with E-state index in [0.29, 0.717) is 23.2 Å². The van der Waals surface area contributed by atoms with Gasteiger partial charge < -0.3 is 4.74 Å². The number of hydrogen-bond acceptors (Lipinski definition) is 6. The van der Waals surface area contributed by atoms with Crippen molar-refractivity contribution in [2.45, 2.75) is 6.92 Å². The van der Waals surface area contributed by atoms with Gasteiger partial charge in [-0.05, 0) is 31.2 Å². The van der Waals surface area contributed by atoms with Gasteiger partial charge in [0.25, 0.3) is 11.6 Å².